The van der Waals surface area contributed by atoms with Gasteiger partial charge in [0, 0.05) is 103 Å². The lowest BCUT2D eigenvalue weighted by molar-refractivity contribution is 0.100. The van der Waals surface area contributed by atoms with E-state index in [1.165, 1.54) is 20.8 Å². The van der Waals surface area contributed by atoms with Crippen LogP contribution >= 0.6 is 0 Å². The molecule has 0 bridgehead atoms. The second-order valence-electron chi connectivity index (χ2n) is 29.1. The lowest BCUT2D eigenvalue weighted by Gasteiger charge is -2.29. The Labute approximate surface area is 604 Å². The number of anilines is 6. The van der Waals surface area contributed by atoms with Crippen molar-refractivity contribution in [3.05, 3.63) is 156 Å². The van der Waals surface area contributed by atoms with Crippen LogP contribution in [0.5, 0.6) is 0 Å². The molecule has 12 aromatic rings. The van der Waals surface area contributed by atoms with E-state index in [4.69, 9.17) is 29.9 Å². The van der Waals surface area contributed by atoms with Gasteiger partial charge in [0.2, 0.25) is 17.8 Å². The molecule has 3 saturated carbocycles. The van der Waals surface area contributed by atoms with E-state index in [2.05, 4.69) is 97.3 Å². The van der Waals surface area contributed by atoms with Gasteiger partial charge in [0.25, 0.3) is 16.7 Å². The fourth-order valence-corrected chi connectivity index (χ4v) is 17.0. The molecular weight excluding hydrogens is 1330 g/mol. The van der Waals surface area contributed by atoms with Crippen LogP contribution in [0.15, 0.2) is 106 Å². The molecule has 0 aromatic carbocycles. The molecule has 6 fully saturated rings. The molecule has 6 aliphatic rings. The molecule has 0 spiro atoms. The van der Waals surface area contributed by atoms with Crippen molar-refractivity contribution in [2.24, 2.45) is 0 Å². The molecule has 3 aliphatic heterocycles. The Kier molecular flexibility index (Phi) is 18.8. The maximum Gasteiger partial charge on any atom is 0.263 e. The minimum atomic E-state index is -0.250. The number of hydrogen-bond acceptors (Lipinski definition) is 21. The normalized spacial score (nSPS) is 17.6. The van der Waals surface area contributed by atoms with Crippen molar-refractivity contribution in [1.29, 1.82) is 0 Å². The number of fused-ring (bicyclic) bond motifs is 6. The molecule has 0 radical (unpaired) electrons. The summed E-state index contributed by atoms with van der Waals surface area (Å²) in [7, 11) is 0. The number of hydrogen-bond donors (Lipinski definition) is 6. The van der Waals surface area contributed by atoms with Gasteiger partial charge >= 0.3 is 0 Å². The SMILES string of the molecule is CC(=O)c1c(C)c2cnc(Nc3ccc4c(ccn4C4CCNC4)n3)nc2n(C2CCCC2)c1=O.CC(=O)c1c(C)c2cnc(Nc3ccc4c(ccn4C4CCNCC4)n3)nc2n(C2CCCC2)c1=O.CC(=O)c1c(C)c2cnc(Nc3ccc4c(ccn4C4CNC4)n3)nc2n(C2CCCC2)c1=O. The first-order valence-corrected chi connectivity index (χ1v) is 37.2. The van der Waals surface area contributed by atoms with Crippen molar-refractivity contribution >= 4 is 119 Å². The fraction of sp³-hybridized carbons (Fsp3) is 0.423. The van der Waals surface area contributed by atoms with Gasteiger partial charge in [0.1, 0.15) is 34.4 Å². The number of Topliss-reactive ketones (excluding diaryl/α,β-unsaturated/α-hetero) is 3. The van der Waals surface area contributed by atoms with Crippen LogP contribution in [-0.2, 0) is 0 Å². The van der Waals surface area contributed by atoms with Gasteiger partial charge in [-0.25, -0.2) is 29.9 Å². The average molecular weight is 1410 g/mol. The van der Waals surface area contributed by atoms with Gasteiger partial charge in [-0.3, -0.25) is 42.5 Å². The molecule has 3 aliphatic carbocycles. The summed E-state index contributed by atoms with van der Waals surface area (Å²) in [5, 5.41) is 22.0. The quantitative estimate of drug-likeness (QED) is 0.0519. The zero-order valence-corrected chi connectivity index (χ0v) is 60.1. The molecule has 18 rings (SSSR count). The molecule has 1 unspecified atom stereocenters. The smallest absolute Gasteiger partial charge is 0.263 e. The molecule has 15 heterocycles. The highest BCUT2D eigenvalue weighted by Crippen LogP contribution is 2.37. The van der Waals surface area contributed by atoms with Crippen LogP contribution in [0, 0.1) is 20.8 Å². The molecule has 27 nitrogen and oxygen atoms in total. The van der Waals surface area contributed by atoms with Gasteiger partial charge in [-0.1, -0.05) is 38.5 Å². The third-order valence-corrected chi connectivity index (χ3v) is 22.5. The van der Waals surface area contributed by atoms with Crippen LogP contribution in [0.3, 0.4) is 0 Å². The van der Waals surface area contributed by atoms with Crippen molar-refractivity contribution in [2.75, 3.05) is 55.2 Å². The largest absolute Gasteiger partial charge is 0.343 e. The Morgan fingerprint density at radius 3 is 1.00 bits per heavy atom. The van der Waals surface area contributed by atoms with Crippen LogP contribution in [0.2, 0.25) is 0 Å². The maximum absolute atomic E-state index is 13.4. The summed E-state index contributed by atoms with van der Waals surface area (Å²) in [6.07, 6.45) is 26.6. The van der Waals surface area contributed by atoms with E-state index in [-0.39, 0.29) is 68.8 Å². The number of nitrogens with one attached hydrogen (secondary N) is 6. The van der Waals surface area contributed by atoms with Crippen LogP contribution in [0.25, 0.3) is 66.2 Å². The predicted molar refractivity (Wildman–Crippen MR) is 407 cm³/mol. The highest BCUT2D eigenvalue weighted by atomic mass is 16.2. The highest BCUT2D eigenvalue weighted by Gasteiger charge is 2.31. The van der Waals surface area contributed by atoms with Crippen molar-refractivity contribution < 1.29 is 14.4 Å². The van der Waals surface area contributed by atoms with E-state index in [0.717, 1.165) is 185 Å². The summed E-state index contributed by atoms with van der Waals surface area (Å²) in [6.45, 7) is 15.8. The number of aryl methyl sites for hydroxylation is 3. The second kappa shape index (κ2) is 28.7. The van der Waals surface area contributed by atoms with E-state index in [0.29, 0.717) is 87.1 Å². The Balaban J connectivity index is 0.000000121. The van der Waals surface area contributed by atoms with Crippen LogP contribution in [0.1, 0.15) is 201 Å². The van der Waals surface area contributed by atoms with E-state index in [1.54, 1.807) is 53.1 Å². The molecule has 12 aromatic heterocycles. The summed E-state index contributed by atoms with van der Waals surface area (Å²) in [6, 6.07) is 19.7. The lowest BCUT2D eigenvalue weighted by atomic mass is 10.0. The minimum Gasteiger partial charge on any atom is -0.343 e. The molecule has 540 valence electrons. The van der Waals surface area contributed by atoms with Gasteiger partial charge in [-0.05, 0) is 190 Å². The molecular formula is C78H87N21O6. The standard InChI is InChI=1S/C27H31N7O2.C26H29N7O2.C25H27N7O2/c1-16-20-15-29-27(32-25(20)34(19-5-3-4-6-19)26(36)24(16)17(2)35)31-23-8-7-22-21(30-23)11-14-33(22)18-9-12-28-13-10-18;1-15-19-14-28-26(31-24(19)33(17-5-3-4-6-17)25(35)23(15)16(2)34)30-22-8-7-21-20(29-22)10-12-32(21)18-9-11-27-13-18;1-14-18-13-27-25(29-21-8-7-20-19(28-21)9-10-31(20)17-11-26-12-17)30-23(18)32(16-5-3-4-6-16)24(34)22(14)15(2)33/h7-8,11,14-15,18-19,28H,3-6,9-10,12-13H2,1-2H3,(H,29,30,31,32);7-8,10,12,14,17-18,27H,3-6,9,11,13H2,1-2H3,(H,28,29,30,31);7-10,13,16-17,26H,3-6,11-12H2,1-2H3,(H,27,28,29,30). The van der Waals surface area contributed by atoms with E-state index >= 15 is 0 Å². The van der Waals surface area contributed by atoms with Crippen molar-refractivity contribution in [1.82, 2.24) is 88.2 Å². The van der Waals surface area contributed by atoms with Crippen LogP contribution < -0.4 is 48.6 Å². The van der Waals surface area contributed by atoms with E-state index in [9.17, 15) is 28.8 Å². The third-order valence-electron chi connectivity index (χ3n) is 22.5. The number of nitrogens with zero attached hydrogens (tertiary/aromatic N) is 15. The molecule has 105 heavy (non-hydrogen) atoms. The monoisotopic (exact) mass is 1410 g/mol. The first-order chi connectivity index (χ1) is 51.0. The van der Waals surface area contributed by atoms with Crippen LogP contribution in [-0.4, -0.2) is 129 Å². The number of carbonyl (C=O) groups excluding carboxylic acids is 3. The summed E-state index contributed by atoms with van der Waals surface area (Å²) < 4.78 is 12.1. The Bertz CT molecular complexity index is 5620. The van der Waals surface area contributed by atoms with Crippen molar-refractivity contribution in [3.8, 4) is 0 Å². The number of ketones is 3. The van der Waals surface area contributed by atoms with Crippen LogP contribution in [0.4, 0.5) is 35.3 Å². The summed E-state index contributed by atoms with van der Waals surface area (Å²) in [4.78, 5) is 119. The molecule has 1 atom stereocenters. The number of piperidine rings is 1. The highest BCUT2D eigenvalue weighted by molar-refractivity contribution is 6.01. The number of aromatic nitrogens is 15. The zero-order valence-electron chi connectivity index (χ0n) is 60.1. The number of pyridine rings is 6. The fourth-order valence-electron chi connectivity index (χ4n) is 17.0. The van der Waals surface area contributed by atoms with Gasteiger partial charge in [0.05, 0.1) is 55.8 Å². The van der Waals surface area contributed by atoms with Gasteiger partial charge in [-0.15, -0.1) is 0 Å². The topological polar surface area (TPSA) is 320 Å². The Morgan fingerprint density at radius 1 is 0.371 bits per heavy atom. The van der Waals surface area contributed by atoms with Gasteiger partial charge in [0.15, 0.2) is 17.3 Å². The summed E-state index contributed by atoms with van der Waals surface area (Å²) >= 11 is 0. The molecule has 3 saturated heterocycles. The average Bonchev–Trinajstić information content (AvgIpc) is 1.62. The predicted octanol–water partition coefficient (Wildman–Crippen LogP) is 12.1. The second-order valence-corrected chi connectivity index (χ2v) is 29.1. The molecule has 0 amide bonds. The van der Waals surface area contributed by atoms with E-state index in [1.807, 2.05) is 36.4 Å². The van der Waals surface area contributed by atoms with Crippen molar-refractivity contribution in [3.63, 3.8) is 0 Å². The zero-order chi connectivity index (χ0) is 72.3. The summed E-state index contributed by atoms with van der Waals surface area (Å²) in [5.41, 5.74) is 9.66. The first kappa shape index (κ1) is 68.6. The van der Waals surface area contributed by atoms with Gasteiger partial charge in [-0.2, -0.15) is 15.0 Å². The Hall–Kier alpha value is -10.8. The lowest BCUT2D eigenvalue weighted by Crippen LogP contribution is -2.43. The molecule has 27 heteroatoms. The first-order valence-electron chi connectivity index (χ1n) is 37.2. The van der Waals surface area contributed by atoms with E-state index < -0.39 is 0 Å². The van der Waals surface area contributed by atoms with Crippen molar-refractivity contribution in [2.45, 2.75) is 174 Å². The van der Waals surface area contributed by atoms with Gasteiger partial charge < -0.3 is 45.6 Å². The number of rotatable bonds is 15. The molecule has 6 N–H and O–H groups in total. The summed E-state index contributed by atoms with van der Waals surface area (Å²) in [5.74, 6) is 2.41. The third kappa shape index (κ3) is 13.0. The minimum absolute atomic E-state index is 0.0469. The Morgan fingerprint density at radius 2 is 0.686 bits per heavy atom. The maximum atomic E-state index is 13.4. The number of carbonyl (C=O) groups is 3.